The SMILES string of the molecule is COC(=O)C(C/C(C)=C/CC(C)=O)C(=O)OC. The summed E-state index contributed by atoms with van der Waals surface area (Å²) in [6.45, 7) is 3.23. The summed E-state index contributed by atoms with van der Waals surface area (Å²) < 4.78 is 9.06. The number of rotatable bonds is 6. The van der Waals surface area contributed by atoms with E-state index in [9.17, 15) is 14.4 Å². The molecule has 17 heavy (non-hydrogen) atoms. The first kappa shape index (κ1) is 15.3. The molecule has 0 saturated carbocycles. The number of methoxy groups -OCH3 is 2. The summed E-state index contributed by atoms with van der Waals surface area (Å²) in [5, 5.41) is 0. The van der Waals surface area contributed by atoms with Crippen molar-refractivity contribution in [2.45, 2.75) is 26.7 Å². The number of Topliss-reactive ketones (excluding diaryl/α,β-unsaturated/α-hetero) is 1. The molecule has 5 nitrogen and oxygen atoms in total. The lowest BCUT2D eigenvalue weighted by Gasteiger charge is -2.12. The highest BCUT2D eigenvalue weighted by atomic mass is 16.5. The minimum atomic E-state index is -0.965. The summed E-state index contributed by atoms with van der Waals surface area (Å²) in [6, 6.07) is 0. The molecule has 0 atom stereocenters. The second-order valence-corrected chi connectivity index (χ2v) is 3.76. The highest BCUT2D eigenvalue weighted by molar-refractivity contribution is 5.95. The van der Waals surface area contributed by atoms with Crippen molar-refractivity contribution in [1.82, 2.24) is 0 Å². The Balaban J connectivity index is 4.64. The first-order valence-corrected chi connectivity index (χ1v) is 5.23. The first-order valence-electron chi connectivity index (χ1n) is 5.23. The van der Waals surface area contributed by atoms with Crippen LogP contribution in [0.3, 0.4) is 0 Å². The lowest BCUT2D eigenvalue weighted by Crippen LogP contribution is -2.26. The Hall–Kier alpha value is -1.65. The van der Waals surface area contributed by atoms with Gasteiger partial charge in [-0.05, 0) is 20.3 Å². The zero-order valence-electron chi connectivity index (χ0n) is 10.6. The number of ether oxygens (including phenoxy) is 2. The molecule has 0 radical (unpaired) electrons. The molecule has 0 spiro atoms. The van der Waals surface area contributed by atoms with Crippen LogP contribution in [-0.4, -0.2) is 31.9 Å². The minimum Gasteiger partial charge on any atom is -0.468 e. The van der Waals surface area contributed by atoms with Gasteiger partial charge in [0.15, 0.2) is 5.92 Å². The van der Waals surface area contributed by atoms with Crippen LogP contribution in [0.1, 0.15) is 26.7 Å². The Morgan fingerprint density at radius 3 is 1.88 bits per heavy atom. The van der Waals surface area contributed by atoms with Crippen LogP contribution >= 0.6 is 0 Å². The first-order chi connectivity index (χ1) is 7.92. The summed E-state index contributed by atoms with van der Waals surface area (Å²) in [5.41, 5.74) is 0.779. The van der Waals surface area contributed by atoms with E-state index in [1.807, 2.05) is 0 Å². The molecule has 96 valence electrons. The maximum Gasteiger partial charge on any atom is 0.320 e. The zero-order valence-corrected chi connectivity index (χ0v) is 10.6. The molecular formula is C12H18O5. The molecule has 0 unspecified atom stereocenters. The highest BCUT2D eigenvalue weighted by Crippen LogP contribution is 2.15. The molecule has 0 saturated heterocycles. The van der Waals surface area contributed by atoms with Gasteiger partial charge in [0, 0.05) is 6.42 Å². The second-order valence-electron chi connectivity index (χ2n) is 3.76. The van der Waals surface area contributed by atoms with E-state index in [1.54, 1.807) is 13.0 Å². The Morgan fingerprint density at radius 1 is 1.06 bits per heavy atom. The summed E-state index contributed by atoms with van der Waals surface area (Å²) in [5.74, 6) is -2.20. The van der Waals surface area contributed by atoms with E-state index < -0.39 is 17.9 Å². The van der Waals surface area contributed by atoms with Crippen molar-refractivity contribution in [2.24, 2.45) is 5.92 Å². The third-order valence-corrected chi connectivity index (χ3v) is 2.24. The molecule has 0 aliphatic carbocycles. The number of carbonyl (C=O) groups excluding carboxylic acids is 3. The van der Waals surface area contributed by atoms with E-state index in [-0.39, 0.29) is 12.2 Å². The maximum atomic E-state index is 11.4. The van der Waals surface area contributed by atoms with Gasteiger partial charge in [-0.1, -0.05) is 11.6 Å². The molecule has 0 heterocycles. The molecule has 0 amide bonds. The van der Waals surface area contributed by atoms with Crippen molar-refractivity contribution in [2.75, 3.05) is 14.2 Å². The van der Waals surface area contributed by atoms with E-state index in [1.165, 1.54) is 21.1 Å². The van der Waals surface area contributed by atoms with Crippen molar-refractivity contribution in [3.63, 3.8) is 0 Å². The number of carbonyl (C=O) groups is 3. The number of hydrogen-bond donors (Lipinski definition) is 0. The molecule has 0 aliphatic rings. The van der Waals surface area contributed by atoms with Gasteiger partial charge in [0.1, 0.15) is 5.78 Å². The molecule has 0 bridgehead atoms. The summed E-state index contributed by atoms with van der Waals surface area (Å²) in [4.78, 5) is 33.5. The van der Waals surface area contributed by atoms with Gasteiger partial charge in [-0.2, -0.15) is 0 Å². The van der Waals surface area contributed by atoms with Gasteiger partial charge in [-0.3, -0.25) is 14.4 Å². The van der Waals surface area contributed by atoms with Gasteiger partial charge < -0.3 is 9.47 Å². The monoisotopic (exact) mass is 242 g/mol. The lowest BCUT2D eigenvalue weighted by molar-refractivity contribution is -0.158. The maximum absolute atomic E-state index is 11.4. The number of ketones is 1. The molecule has 0 aliphatic heterocycles. The van der Waals surface area contributed by atoms with Gasteiger partial charge in [0.25, 0.3) is 0 Å². The highest BCUT2D eigenvalue weighted by Gasteiger charge is 2.28. The van der Waals surface area contributed by atoms with Gasteiger partial charge in [0.05, 0.1) is 14.2 Å². The molecule has 0 rings (SSSR count). The molecular weight excluding hydrogens is 224 g/mol. The van der Waals surface area contributed by atoms with Crippen LogP contribution in [0.15, 0.2) is 11.6 Å². The zero-order chi connectivity index (χ0) is 13.4. The Bertz CT molecular complexity index is 314. The fourth-order valence-electron chi connectivity index (χ4n) is 1.27. The molecule has 0 aromatic rings. The largest absolute Gasteiger partial charge is 0.468 e. The Morgan fingerprint density at radius 2 is 1.53 bits per heavy atom. The summed E-state index contributed by atoms with van der Waals surface area (Å²) >= 11 is 0. The smallest absolute Gasteiger partial charge is 0.320 e. The fourth-order valence-corrected chi connectivity index (χ4v) is 1.27. The van der Waals surface area contributed by atoms with Gasteiger partial charge >= 0.3 is 11.9 Å². The van der Waals surface area contributed by atoms with E-state index in [2.05, 4.69) is 9.47 Å². The lowest BCUT2D eigenvalue weighted by atomic mass is 9.99. The van der Waals surface area contributed by atoms with Crippen molar-refractivity contribution >= 4 is 17.7 Å². The van der Waals surface area contributed by atoms with Crippen molar-refractivity contribution in [3.05, 3.63) is 11.6 Å². The fraction of sp³-hybridized carbons (Fsp3) is 0.583. The minimum absolute atomic E-state index is 0.0250. The van der Waals surface area contributed by atoms with E-state index in [4.69, 9.17) is 0 Å². The van der Waals surface area contributed by atoms with E-state index in [0.717, 1.165) is 5.57 Å². The van der Waals surface area contributed by atoms with Gasteiger partial charge in [0.2, 0.25) is 0 Å². The van der Waals surface area contributed by atoms with E-state index in [0.29, 0.717) is 6.42 Å². The van der Waals surface area contributed by atoms with Gasteiger partial charge in [-0.25, -0.2) is 0 Å². The normalized spacial score (nSPS) is 11.2. The van der Waals surface area contributed by atoms with Gasteiger partial charge in [-0.15, -0.1) is 0 Å². The van der Waals surface area contributed by atoms with Crippen LogP contribution < -0.4 is 0 Å². The topological polar surface area (TPSA) is 69.7 Å². The third kappa shape index (κ3) is 5.85. The molecule has 0 fully saturated rings. The number of allylic oxidation sites excluding steroid dienone is 2. The van der Waals surface area contributed by atoms with Crippen LogP contribution in [0.25, 0.3) is 0 Å². The van der Waals surface area contributed by atoms with Crippen LogP contribution in [-0.2, 0) is 23.9 Å². The van der Waals surface area contributed by atoms with Crippen LogP contribution in [0.2, 0.25) is 0 Å². The Kier molecular flexibility index (Phi) is 6.86. The third-order valence-electron chi connectivity index (χ3n) is 2.24. The summed E-state index contributed by atoms with van der Waals surface area (Å²) in [6.07, 6.45) is 2.19. The number of esters is 2. The number of hydrogen-bond acceptors (Lipinski definition) is 5. The van der Waals surface area contributed by atoms with Crippen molar-refractivity contribution in [1.29, 1.82) is 0 Å². The van der Waals surface area contributed by atoms with Crippen molar-refractivity contribution < 1.29 is 23.9 Å². The standard InChI is InChI=1S/C12H18O5/c1-8(5-6-9(2)13)7-10(11(14)16-3)12(15)17-4/h5,10H,6-7H2,1-4H3/b8-5+. The van der Waals surface area contributed by atoms with Crippen LogP contribution in [0, 0.1) is 5.92 Å². The quantitative estimate of drug-likeness (QED) is 0.398. The molecule has 0 aromatic carbocycles. The molecule has 5 heteroatoms. The average Bonchev–Trinajstić information content (AvgIpc) is 2.31. The van der Waals surface area contributed by atoms with Crippen molar-refractivity contribution in [3.8, 4) is 0 Å². The average molecular weight is 242 g/mol. The predicted octanol–water partition coefficient (Wildman–Crippen LogP) is 1.26. The molecule has 0 N–H and O–H groups in total. The second kappa shape index (κ2) is 7.60. The van der Waals surface area contributed by atoms with Crippen LogP contribution in [0.4, 0.5) is 0 Å². The molecule has 0 aromatic heterocycles. The summed E-state index contributed by atoms with van der Waals surface area (Å²) in [7, 11) is 2.43. The van der Waals surface area contributed by atoms with Crippen LogP contribution in [0.5, 0.6) is 0 Å². The predicted molar refractivity (Wildman–Crippen MR) is 61.2 cm³/mol. The Labute approximate surface area is 101 Å². The van der Waals surface area contributed by atoms with E-state index >= 15 is 0 Å².